The molecule has 3 rings (SSSR count). The maximum Gasteiger partial charge on any atom is 0.191 e. The molecule has 0 bridgehead atoms. The Hall–Kier alpha value is -1.58. The molecule has 30 heavy (non-hydrogen) atoms. The minimum Gasteiger partial charge on any atom is -0.469 e. The van der Waals surface area contributed by atoms with Crippen LogP contribution in [0.1, 0.15) is 37.7 Å². The van der Waals surface area contributed by atoms with Crippen LogP contribution in [0.3, 0.4) is 0 Å². The standard InChI is InChI=1S/C23H34N4O2.HI/c1-4-24-23(25-12-11-22-10-7-13-28-22)26-14-20-8-5-6-9-21(20)17-27-15-18(2)29-19(3)16-27;/h5-10,13,18-19H,4,11-12,14-17H2,1-3H3,(H2,24,25,26);1H. The topological polar surface area (TPSA) is 62.0 Å². The highest BCUT2D eigenvalue weighted by Gasteiger charge is 2.22. The molecule has 6 nitrogen and oxygen atoms in total. The van der Waals surface area contributed by atoms with Crippen molar-refractivity contribution in [3.63, 3.8) is 0 Å². The summed E-state index contributed by atoms with van der Waals surface area (Å²) in [6.45, 7) is 11.5. The Morgan fingerprint density at radius 1 is 1.07 bits per heavy atom. The number of benzene rings is 1. The molecule has 1 aliphatic heterocycles. The van der Waals surface area contributed by atoms with Crippen LogP contribution in [0.5, 0.6) is 0 Å². The number of hydrogen-bond donors (Lipinski definition) is 2. The summed E-state index contributed by atoms with van der Waals surface area (Å²) >= 11 is 0. The molecule has 0 aliphatic carbocycles. The minimum atomic E-state index is 0. The van der Waals surface area contributed by atoms with Crippen molar-refractivity contribution in [3.8, 4) is 0 Å². The average molecular weight is 526 g/mol. The van der Waals surface area contributed by atoms with Crippen LogP contribution in [-0.2, 0) is 24.2 Å². The zero-order valence-corrected chi connectivity index (χ0v) is 20.6. The summed E-state index contributed by atoms with van der Waals surface area (Å²) in [5.41, 5.74) is 2.60. The molecule has 2 heterocycles. The molecule has 0 saturated carbocycles. The minimum absolute atomic E-state index is 0. The van der Waals surface area contributed by atoms with E-state index >= 15 is 0 Å². The second-order valence-corrected chi connectivity index (χ2v) is 7.67. The third-order valence-electron chi connectivity index (χ3n) is 5.00. The third-order valence-corrected chi connectivity index (χ3v) is 5.00. The second kappa shape index (κ2) is 13.0. The van der Waals surface area contributed by atoms with Crippen molar-refractivity contribution in [3.05, 3.63) is 59.5 Å². The van der Waals surface area contributed by atoms with E-state index in [2.05, 4.69) is 60.6 Å². The van der Waals surface area contributed by atoms with Crippen molar-refractivity contribution in [1.82, 2.24) is 15.5 Å². The lowest BCUT2D eigenvalue weighted by molar-refractivity contribution is -0.0705. The van der Waals surface area contributed by atoms with E-state index in [0.717, 1.165) is 50.9 Å². The summed E-state index contributed by atoms with van der Waals surface area (Å²) in [5.74, 6) is 1.81. The van der Waals surface area contributed by atoms with E-state index in [0.29, 0.717) is 6.54 Å². The predicted molar refractivity (Wildman–Crippen MR) is 132 cm³/mol. The fourth-order valence-corrected chi connectivity index (χ4v) is 3.79. The van der Waals surface area contributed by atoms with Crippen molar-refractivity contribution >= 4 is 29.9 Å². The van der Waals surface area contributed by atoms with Crippen molar-refractivity contribution in [2.75, 3.05) is 26.2 Å². The number of furan rings is 1. The highest BCUT2D eigenvalue weighted by atomic mass is 127. The quantitative estimate of drug-likeness (QED) is 0.311. The maximum absolute atomic E-state index is 5.87. The van der Waals surface area contributed by atoms with Gasteiger partial charge >= 0.3 is 0 Å². The Morgan fingerprint density at radius 3 is 2.47 bits per heavy atom. The summed E-state index contributed by atoms with van der Waals surface area (Å²) in [7, 11) is 0. The van der Waals surface area contributed by atoms with Gasteiger partial charge in [0, 0.05) is 39.1 Å². The van der Waals surface area contributed by atoms with Gasteiger partial charge in [-0.2, -0.15) is 0 Å². The molecule has 166 valence electrons. The van der Waals surface area contributed by atoms with Crippen LogP contribution >= 0.6 is 24.0 Å². The number of morpholine rings is 1. The van der Waals surface area contributed by atoms with Crippen molar-refractivity contribution < 1.29 is 9.15 Å². The van der Waals surface area contributed by atoms with Crippen LogP contribution in [0.2, 0.25) is 0 Å². The third kappa shape index (κ3) is 7.92. The average Bonchev–Trinajstić information content (AvgIpc) is 3.20. The van der Waals surface area contributed by atoms with Gasteiger partial charge in [-0.1, -0.05) is 24.3 Å². The molecule has 2 N–H and O–H groups in total. The zero-order valence-electron chi connectivity index (χ0n) is 18.3. The van der Waals surface area contributed by atoms with Crippen LogP contribution in [0.4, 0.5) is 0 Å². The Bertz CT molecular complexity index is 756. The summed E-state index contributed by atoms with van der Waals surface area (Å²) in [6, 6.07) is 12.5. The summed E-state index contributed by atoms with van der Waals surface area (Å²) < 4.78 is 11.3. The SMILES string of the molecule is CCNC(=NCc1ccccc1CN1CC(C)OC(C)C1)NCCc1ccco1.I. The molecule has 0 spiro atoms. The van der Waals surface area contributed by atoms with Crippen molar-refractivity contribution in [2.24, 2.45) is 4.99 Å². The zero-order chi connectivity index (χ0) is 20.5. The monoisotopic (exact) mass is 526 g/mol. The normalized spacial score (nSPS) is 19.9. The van der Waals surface area contributed by atoms with Crippen LogP contribution in [0.25, 0.3) is 0 Å². The van der Waals surface area contributed by atoms with E-state index in [-0.39, 0.29) is 36.2 Å². The van der Waals surface area contributed by atoms with E-state index in [1.807, 2.05) is 12.1 Å². The summed E-state index contributed by atoms with van der Waals surface area (Å²) in [5, 5.41) is 6.72. The fourth-order valence-electron chi connectivity index (χ4n) is 3.79. The first-order chi connectivity index (χ1) is 14.1. The number of nitrogens with zero attached hydrogens (tertiary/aromatic N) is 2. The lowest BCUT2D eigenvalue weighted by Gasteiger charge is -2.35. The first-order valence-electron chi connectivity index (χ1n) is 10.6. The van der Waals surface area contributed by atoms with Crippen LogP contribution < -0.4 is 10.6 Å². The Labute approximate surface area is 197 Å². The molecule has 1 fully saturated rings. The lowest BCUT2D eigenvalue weighted by atomic mass is 10.1. The van der Waals surface area contributed by atoms with Gasteiger partial charge in [0.2, 0.25) is 0 Å². The van der Waals surface area contributed by atoms with Crippen LogP contribution in [-0.4, -0.2) is 49.2 Å². The van der Waals surface area contributed by atoms with E-state index in [9.17, 15) is 0 Å². The van der Waals surface area contributed by atoms with Gasteiger partial charge in [-0.15, -0.1) is 24.0 Å². The van der Waals surface area contributed by atoms with E-state index < -0.39 is 0 Å². The fraction of sp³-hybridized carbons (Fsp3) is 0.522. The predicted octanol–water partition coefficient (Wildman–Crippen LogP) is 3.80. The molecule has 2 atom stereocenters. The highest BCUT2D eigenvalue weighted by Crippen LogP contribution is 2.17. The first-order valence-corrected chi connectivity index (χ1v) is 10.6. The molecule has 1 aromatic carbocycles. The van der Waals surface area contributed by atoms with Crippen molar-refractivity contribution in [2.45, 2.75) is 52.5 Å². The molecule has 7 heteroatoms. The lowest BCUT2D eigenvalue weighted by Crippen LogP contribution is -2.44. The molecule has 0 amide bonds. The number of guanidine groups is 1. The highest BCUT2D eigenvalue weighted by molar-refractivity contribution is 14.0. The van der Waals surface area contributed by atoms with E-state index in [4.69, 9.17) is 14.1 Å². The first kappa shape index (κ1) is 24.7. The number of nitrogens with one attached hydrogen (secondary N) is 2. The molecule has 1 aliphatic rings. The van der Waals surface area contributed by atoms with Gasteiger partial charge in [-0.25, -0.2) is 4.99 Å². The van der Waals surface area contributed by atoms with Gasteiger partial charge in [0.1, 0.15) is 5.76 Å². The van der Waals surface area contributed by atoms with E-state index in [1.54, 1.807) is 6.26 Å². The van der Waals surface area contributed by atoms with Gasteiger partial charge in [0.05, 0.1) is 25.0 Å². The molecule has 1 aromatic heterocycles. The van der Waals surface area contributed by atoms with E-state index in [1.165, 1.54) is 11.1 Å². The van der Waals surface area contributed by atoms with Gasteiger partial charge in [-0.05, 0) is 44.0 Å². The van der Waals surface area contributed by atoms with Crippen LogP contribution in [0.15, 0.2) is 52.1 Å². The number of aliphatic imine (C=N–C) groups is 1. The van der Waals surface area contributed by atoms with Gasteiger partial charge in [0.25, 0.3) is 0 Å². The molecule has 0 radical (unpaired) electrons. The molecular formula is C23H35IN4O2. The largest absolute Gasteiger partial charge is 0.469 e. The Morgan fingerprint density at radius 2 is 1.80 bits per heavy atom. The molecule has 1 saturated heterocycles. The van der Waals surface area contributed by atoms with Gasteiger partial charge in [-0.3, -0.25) is 4.90 Å². The summed E-state index contributed by atoms with van der Waals surface area (Å²) in [6.07, 6.45) is 3.11. The molecule has 2 aromatic rings. The van der Waals surface area contributed by atoms with Gasteiger partial charge < -0.3 is 19.8 Å². The van der Waals surface area contributed by atoms with Crippen molar-refractivity contribution in [1.29, 1.82) is 0 Å². The number of halogens is 1. The van der Waals surface area contributed by atoms with Crippen LogP contribution in [0, 0.1) is 0 Å². The summed E-state index contributed by atoms with van der Waals surface area (Å²) in [4.78, 5) is 7.29. The second-order valence-electron chi connectivity index (χ2n) is 7.67. The molecule has 2 unspecified atom stereocenters. The Kier molecular flexibility index (Phi) is 10.7. The maximum atomic E-state index is 5.87. The van der Waals surface area contributed by atoms with Gasteiger partial charge in [0.15, 0.2) is 5.96 Å². The number of rotatable bonds is 8. The molecular weight excluding hydrogens is 491 g/mol. The smallest absolute Gasteiger partial charge is 0.191 e. The Balaban J connectivity index is 0.00000320. The number of hydrogen-bond acceptors (Lipinski definition) is 4. The number of ether oxygens (including phenoxy) is 1.